The van der Waals surface area contributed by atoms with Crippen LogP contribution in [0.1, 0.15) is 17.5 Å². The zero-order valence-electron chi connectivity index (χ0n) is 11.0. The number of nitrogens with one attached hydrogen (secondary N) is 1. The summed E-state index contributed by atoms with van der Waals surface area (Å²) in [4.78, 5) is 2.14. The summed E-state index contributed by atoms with van der Waals surface area (Å²) in [5, 5.41) is 0. The number of nitrogens with zero attached hydrogens (tertiary/aromatic N) is 2. The van der Waals surface area contributed by atoms with Gasteiger partial charge in [-0.15, -0.1) is 0 Å². The Morgan fingerprint density at radius 1 is 1.21 bits per heavy atom. The van der Waals surface area contributed by atoms with Gasteiger partial charge in [-0.25, -0.2) is 0 Å². The Labute approximate surface area is 114 Å². The highest BCUT2D eigenvalue weighted by Crippen LogP contribution is 2.24. The topological polar surface area (TPSA) is 52.7 Å². The molecule has 1 atom stereocenters. The van der Waals surface area contributed by atoms with Gasteiger partial charge in [0, 0.05) is 25.7 Å². The second-order valence-electron chi connectivity index (χ2n) is 5.41. The lowest BCUT2D eigenvalue weighted by molar-refractivity contribution is 0.394. The fraction of sp³-hybridized carbons (Fsp3) is 0.538. The number of hydrogen-bond acceptors (Lipinski definition) is 3. The molecular weight excluding hydrogens is 262 g/mol. The summed E-state index contributed by atoms with van der Waals surface area (Å²) >= 11 is 0. The summed E-state index contributed by atoms with van der Waals surface area (Å²) in [6.45, 7) is 2.70. The van der Waals surface area contributed by atoms with Gasteiger partial charge in [0.15, 0.2) is 0 Å². The van der Waals surface area contributed by atoms with Gasteiger partial charge in [0.25, 0.3) is 10.2 Å². The van der Waals surface area contributed by atoms with E-state index in [1.807, 2.05) is 31.3 Å². The highest BCUT2D eigenvalue weighted by Gasteiger charge is 2.32. The van der Waals surface area contributed by atoms with Crippen molar-refractivity contribution in [2.75, 3.05) is 20.1 Å². The lowest BCUT2D eigenvalue weighted by Crippen LogP contribution is -2.44. The molecule has 0 aromatic heterocycles. The number of likely N-dealkylation sites (tertiary alicyclic amines) is 1. The van der Waals surface area contributed by atoms with Crippen LogP contribution in [-0.2, 0) is 23.3 Å². The Morgan fingerprint density at radius 2 is 1.84 bits per heavy atom. The van der Waals surface area contributed by atoms with Gasteiger partial charge in [-0.3, -0.25) is 0 Å². The zero-order chi connectivity index (χ0) is 13.5. The van der Waals surface area contributed by atoms with Crippen molar-refractivity contribution in [3.63, 3.8) is 0 Å². The second-order valence-corrected chi connectivity index (χ2v) is 7.11. The van der Waals surface area contributed by atoms with Gasteiger partial charge in [0.2, 0.25) is 0 Å². The molecule has 1 fully saturated rings. The van der Waals surface area contributed by atoms with Gasteiger partial charge >= 0.3 is 0 Å². The number of hydrogen-bond donors (Lipinski definition) is 1. The van der Waals surface area contributed by atoms with Gasteiger partial charge in [-0.05, 0) is 31.1 Å². The SMILES string of the molecule is CN1CC[C@@H](NS(=O)(=O)N2Cc3ccccc3C2)C1. The first-order valence-electron chi connectivity index (χ1n) is 6.57. The lowest BCUT2D eigenvalue weighted by Gasteiger charge is -2.19. The summed E-state index contributed by atoms with van der Waals surface area (Å²) in [6.07, 6.45) is 0.885. The Hall–Kier alpha value is -0.950. The van der Waals surface area contributed by atoms with E-state index in [0.29, 0.717) is 13.1 Å². The molecule has 0 radical (unpaired) electrons. The van der Waals surface area contributed by atoms with E-state index < -0.39 is 10.2 Å². The summed E-state index contributed by atoms with van der Waals surface area (Å²) in [5.74, 6) is 0. The molecule has 2 heterocycles. The van der Waals surface area contributed by atoms with E-state index >= 15 is 0 Å². The predicted octanol–water partition coefficient (Wildman–Crippen LogP) is 0.541. The summed E-state index contributed by atoms with van der Waals surface area (Å²) in [7, 11) is -1.36. The third-order valence-electron chi connectivity index (χ3n) is 3.86. The van der Waals surface area contributed by atoms with Crippen molar-refractivity contribution in [3.8, 4) is 0 Å². The van der Waals surface area contributed by atoms with Crippen LogP contribution in [-0.4, -0.2) is 43.8 Å². The molecule has 2 aliphatic heterocycles. The van der Waals surface area contributed by atoms with Crippen LogP contribution in [0.5, 0.6) is 0 Å². The van der Waals surface area contributed by atoms with Crippen LogP contribution in [0.15, 0.2) is 24.3 Å². The normalized spacial score (nSPS) is 24.8. The van der Waals surface area contributed by atoms with Crippen LogP contribution in [0.3, 0.4) is 0 Å². The summed E-state index contributed by atoms with van der Waals surface area (Å²) in [5.41, 5.74) is 2.22. The highest BCUT2D eigenvalue weighted by molar-refractivity contribution is 7.87. The molecule has 0 unspecified atom stereocenters. The Balaban J connectivity index is 1.69. The predicted molar refractivity (Wildman–Crippen MR) is 73.6 cm³/mol. The Kier molecular flexibility index (Phi) is 3.34. The molecule has 1 aromatic carbocycles. The van der Waals surface area contributed by atoms with Crippen molar-refractivity contribution >= 4 is 10.2 Å². The molecule has 19 heavy (non-hydrogen) atoms. The first-order valence-corrected chi connectivity index (χ1v) is 8.01. The zero-order valence-corrected chi connectivity index (χ0v) is 11.9. The van der Waals surface area contributed by atoms with Crippen molar-refractivity contribution in [2.45, 2.75) is 25.6 Å². The number of benzene rings is 1. The Morgan fingerprint density at radius 3 is 2.37 bits per heavy atom. The van der Waals surface area contributed by atoms with Crippen LogP contribution in [0.4, 0.5) is 0 Å². The van der Waals surface area contributed by atoms with Gasteiger partial charge in [-0.2, -0.15) is 17.4 Å². The van der Waals surface area contributed by atoms with E-state index in [1.165, 1.54) is 4.31 Å². The van der Waals surface area contributed by atoms with E-state index in [-0.39, 0.29) is 6.04 Å². The van der Waals surface area contributed by atoms with Crippen LogP contribution < -0.4 is 4.72 Å². The molecule has 0 aliphatic carbocycles. The maximum Gasteiger partial charge on any atom is 0.280 e. The molecule has 1 saturated heterocycles. The summed E-state index contributed by atoms with van der Waals surface area (Å²) < 4.78 is 29.1. The van der Waals surface area contributed by atoms with Gasteiger partial charge in [-0.1, -0.05) is 24.3 Å². The maximum absolute atomic E-state index is 12.4. The van der Waals surface area contributed by atoms with E-state index in [2.05, 4.69) is 9.62 Å². The second kappa shape index (κ2) is 4.86. The maximum atomic E-state index is 12.4. The van der Waals surface area contributed by atoms with Crippen LogP contribution in [0, 0.1) is 0 Å². The van der Waals surface area contributed by atoms with Gasteiger partial charge in [0.05, 0.1) is 0 Å². The molecule has 104 valence electrons. The van der Waals surface area contributed by atoms with Crippen LogP contribution >= 0.6 is 0 Å². The Bertz CT molecular complexity index is 548. The van der Waals surface area contributed by atoms with Crippen molar-refractivity contribution in [1.82, 2.24) is 13.9 Å². The molecule has 3 rings (SSSR count). The lowest BCUT2D eigenvalue weighted by atomic mass is 10.1. The fourth-order valence-electron chi connectivity index (χ4n) is 2.79. The first-order chi connectivity index (χ1) is 9.04. The van der Waals surface area contributed by atoms with Crippen molar-refractivity contribution in [2.24, 2.45) is 0 Å². The average molecular weight is 281 g/mol. The molecule has 2 aliphatic rings. The third kappa shape index (κ3) is 2.67. The number of likely N-dealkylation sites (N-methyl/N-ethyl adjacent to an activating group) is 1. The highest BCUT2D eigenvalue weighted by atomic mass is 32.2. The van der Waals surface area contributed by atoms with Crippen molar-refractivity contribution < 1.29 is 8.42 Å². The van der Waals surface area contributed by atoms with Gasteiger partial charge < -0.3 is 4.90 Å². The molecule has 0 spiro atoms. The van der Waals surface area contributed by atoms with E-state index in [1.54, 1.807) is 0 Å². The largest absolute Gasteiger partial charge is 0.305 e. The molecule has 1 N–H and O–H groups in total. The molecule has 6 heteroatoms. The fourth-order valence-corrected chi connectivity index (χ4v) is 4.17. The summed E-state index contributed by atoms with van der Waals surface area (Å²) in [6, 6.07) is 7.93. The molecule has 0 bridgehead atoms. The number of fused-ring (bicyclic) bond motifs is 1. The van der Waals surface area contributed by atoms with Crippen LogP contribution in [0.2, 0.25) is 0 Å². The molecular formula is C13H19N3O2S. The molecule has 0 saturated carbocycles. The minimum absolute atomic E-state index is 0.0405. The minimum atomic E-state index is -3.38. The molecule has 1 aromatic rings. The number of rotatable bonds is 3. The van der Waals surface area contributed by atoms with Crippen LogP contribution in [0.25, 0.3) is 0 Å². The minimum Gasteiger partial charge on any atom is -0.305 e. The monoisotopic (exact) mass is 281 g/mol. The van der Waals surface area contributed by atoms with E-state index in [0.717, 1.165) is 30.6 Å². The third-order valence-corrected chi connectivity index (χ3v) is 5.43. The van der Waals surface area contributed by atoms with E-state index in [4.69, 9.17) is 0 Å². The van der Waals surface area contributed by atoms with E-state index in [9.17, 15) is 8.42 Å². The van der Waals surface area contributed by atoms with Crippen molar-refractivity contribution in [3.05, 3.63) is 35.4 Å². The smallest absolute Gasteiger partial charge is 0.280 e. The average Bonchev–Trinajstić information content (AvgIpc) is 2.95. The van der Waals surface area contributed by atoms with Gasteiger partial charge in [0.1, 0.15) is 0 Å². The quantitative estimate of drug-likeness (QED) is 0.880. The molecule has 0 amide bonds. The van der Waals surface area contributed by atoms with Crippen molar-refractivity contribution in [1.29, 1.82) is 0 Å². The standard InChI is InChI=1S/C13H19N3O2S/c1-15-7-6-13(10-15)14-19(17,18)16-8-11-4-2-3-5-12(11)9-16/h2-5,13-14H,6-10H2,1H3/t13-/m1/s1. The first kappa shape index (κ1) is 13.1. The molecule has 5 nitrogen and oxygen atoms in total.